The molecule has 0 aliphatic rings. The fourth-order valence-electron chi connectivity index (χ4n) is 1.85. The maximum atomic E-state index is 12.8. The molecule has 0 aliphatic heterocycles. The number of hydrogen-bond acceptors (Lipinski definition) is 2. The third-order valence-corrected chi connectivity index (χ3v) is 2.97. The molecule has 3 aromatic rings. The summed E-state index contributed by atoms with van der Waals surface area (Å²) in [5.74, 6) is -0.282. The van der Waals surface area contributed by atoms with E-state index < -0.39 is 0 Å². The van der Waals surface area contributed by atoms with Crippen LogP contribution in [-0.2, 0) is 0 Å². The van der Waals surface area contributed by atoms with Gasteiger partial charge in [0.05, 0.1) is 11.0 Å². The van der Waals surface area contributed by atoms with Gasteiger partial charge in [-0.25, -0.2) is 14.1 Å². The molecule has 0 atom stereocenters. The van der Waals surface area contributed by atoms with Gasteiger partial charge in [-0.1, -0.05) is 12.1 Å². The van der Waals surface area contributed by atoms with Gasteiger partial charge >= 0.3 is 0 Å². The molecule has 0 aliphatic carbocycles. The smallest absolute Gasteiger partial charge is 0.190 e. The minimum absolute atomic E-state index is 0.282. The maximum absolute atomic E-state index is 12.8. The molecular formula is C14H11FN4S. The number of halogens is 1. The Kier molecular flexibility index (Phi) is 3.30. The van der Waals surface area contributed by atoms with Crippen LogP contribution in [0.15, 0.2) is 54.9 Å². The van der Waals surface area contributed by atoms with Crippen LogP contribution in [0.5, 0.6) is 0 Å². The van der Waals surface area contributed by atoms with Crippen LogP contribution in [0.3, 0.4) is 0 Å². The molecule has 20 heavy (non-hydrogen) atoms. The summed E-state index contributed by atoms with van der Waals surface area (Å²) in [6.07, 6.45) is 1.66. The first-order chi connectivity index (χ1) is 9.72. The second-order valence-corrected chi connectivity index (χ2v) is 4.58. The van der Waals surface area contributed by atoms with Crippen LogP contribution in [0.4, 0.5) is 10.1 Å². The topological polar surface area (TPSA) is 41.9 Å². The van der Waals surface area contributed by atoms with Crippen LogP contribution in [0, 0.1) is 5.82 Å². The summed E-state index contributed by atoms with van der Waals surface area (Å²) in [7, 11) is 0. The lowest BCUT2D eigenvalue weighted by atomic mass is 10.3. The molecular weight excluding hydrogens is 275 g/mol. The van der Waals surface area contributed by atoms with Crippen molar-refractivity contribution in [1.82, 2.24) is 9.66 Å². The molecule has 0 radical (unpaired) electrons. The van der Waals surface area contributed by atoms with E-state index in [1.54, 1.807) is 23.1 Å². The van der Waals surface area contributed by atoms with E-state index in [-0.39, 0.29) is 5.82 Å². The molecule has 4 nitrogen and oxygen atoms in total. The van der Waals surface area contributed by atoms with Crippen molar-refractivity contribution in [1.29, 1.82) is 0 Å². The van der Waals surface area contributed by atoms with Gasteiger partial charge in [0.15, 0.2) is 5.11 Å². The van der Waals surface area contributed by atoms with Gasteiger partial charge in [0.1, 0.15) is 12.1 Å². The van der Waals surface area contributed by atoms with Crippen LogP contribution in [0.1, 0.15) is 0 Å². The third kappa shape index (κ3) is 2.60. The van der Waals surface area contributed by atoms with Crippen molar-refractivity contribution < 1.29 is 4.39 Å². The number of benzene rings is 2. The quantitative estimate of drug-likeness (QED) is 0.710. The molecule has 0 fully saturated rings. The summed E-state index contributed by atoms with van der Waals surface area (Å²) >= 11 is 5.22. The second-order valence-electron chi connectivity index (χ2n) is 4.18. The van der Waals surface area contributed by atoms with E-state index in [0.29, 0.717) is 10.8 Å². The molecule has 0 saturated carbocycles. The number of fused-ring (bicyclic) bond motifs is 1. The Balaban J connectivity index is 1.74. The summed E-state index contributed by atoms with van der Waals surface area (Å²) in [6, 6.07) is 13.7. The summed E-state index contributed by atoms with van der Waals surface area (Å²) in [5.41, 5.74) is 5.53. The van der Waals surface area contributed by atoms with Crippen LogP contribution in [-0.4, -0.2) is 14.8 Å². The number of nitrogens with zero attached hydrogens (tertiary/aromatic N) is 2. The van der Waals surface area contributed by atoms with Crippen molar-refractivity contribution in [2.45, 2.75) is 0 Å². The average Bonchev–Trinajstić information content (AvgIpc) is 2.85. The van der Waals surface area contributed by atoms with Gasteiger partial charge in [0, 0.05) is 5.69 Å². The Bertz CT molecular complexity index is 751. The highest BCUT2D eigenvalue weighted by atomic mass is 32.1. The molecule has 0 spiro atoms. The largest absolute Gasteiger partial charge is 0.331 e. The predicted octanol–water partition coefficient (Wildman–Crippen LogP) is 3.12. The molecule has 1 heterocycles. The average molecular weight is 286 g/mol. The van der Waals surface area contributed by atoms with E-state index in [9.17, 15) is 4.39 Å². The molecule has 100 valence electrons. The lowest BCUT2D eigenvalue weighted by Crippen LogP contribution is -2.26. The first-order valence-corrected chi connectivity index (χ1v) is 6.39. The molecule has 1 aromatic heterocycles. The van der Waals surface area contributed by atoms with Crippen molar-refractivity contribution in [3.8, 4) is 0 Å². The fraction of sp³-hybridized carbons (Fsp3) is 0. The number of imidazole rings is 1. The predicted molar refractivity (Wildman–Crippen MR) is 81.7 cm³/mol. The Hall–Kier alpha value is -2.47. The molecule has 6 heteroatoms. The number of hydrogen-bond donors (Lipinski definition) is 2. The van der Waals surface area contributed by atoms with Gasteiger partial charge in [-0.3, -0.25) is 5.43 Å². The number of anilines is 1. The Morgan fingerprint density at radius 1 is 1.10 bits per heavy atom. The van der Waals surface area contributed by atoms with Crippen molar-refractivity contribution >= 4 is 34.1 Å². The summed E-state index contributed by atoms with van der Waals surface area (Å²) < 4.78 is 14.5. The van der Waals surface area contributed by atoms with Gasteiger partial charge in [-0.15, -0.1) is 0 Å². The lowest BCUT2D eigenvalue weighted by molar-refractivity contribution is 0.628. The van der Waals surface area contributed by atoms with Gasteiger partial charge < -0.3 is 5.32 Å². The Morgan fingerprint density at radius 3 is 2.65 bits per heavy atom. The van der Waals surface area contributed by atoms with Gasteiger partial charge in [0.25, 0.3) is 0 Å². The van der Waals surface area contributed by atoms with Crippen LogP contribution >= 0.6 is 12.2 Å². The van der Waals surface area contributed by atoms with E-state index in [0.717, 1.165) is 11.0 Å². The molecule has 0 unspecified atom stereocenters. The van der Waals surface area contributed by atoms with E-state index in [1.165, 1.54) is 12.1 Å². The summed E-state index contributed by atoms with van der Waals surface area (Å²) in [4.78, 5) is 4.25. The molecule has 0 saturated heterocycles. The zero-order valence-corrected chi connectivity index (χ0v) is 11.2. The zero-order chi connectivity index (χ0) is 13.9. The van der Waals surface area contributed by atoms with E-state index in [1.807, 2.05) is 24.3 Å². The lowest BCUT2D eigenvalue weighted by Gasteiger charge is -2.11. The minimum Gasteiger partial charge on any atom is -0.331 e. The Morgan fingerprint density at radius 2 is 1.85 bits per heavy atom. The van der Waals surface area contributed by atoms with E-state index >= 15 is 0 Å². The van der Waals surface area contributed by atoms with Gasteiger partial charge in [-0.2, -0.15) is 0 Å². The highest BCUT2D eigenvalue weighted by Crippen LogP contribution is 2.11. The molecule has 2 aromatic carbocycles. The minimum atomic E-state index is -0.282. The standard InChI is InChI=1S/C14H11FN4S/c15-10-5-7-11(8-6-10)17-14(20)18-19-9-16-12-3-1-2-4-13(12)19/h1-9H,(H2,17,18,20). The van der Waals surface area contributed by atoms with Crippen LogP contribution in [0.25, 0.3) is 11.0 Å². The van der Waals surface area contributed by atoms with Gasteiger partial charge in [-0.05, 0) is 48.6 Å². The number of thiocarbonyl (C=S) groups is 1. The van der Waals surface area contributed by atoms with E-state index in [4.69, 9.17) is 12.2 Å². The highest BCUT2D eigenvalue weighted by molar-refractivity contribution is 7.80. The first-order valence-electron chi connectivity index (χ1n) is 5.98. The molecule has 0 amide bonds. The van der Waals surface area contributed by atoms with Crippen molar-refractivity contribution in [2.75, 3.05) is 10.7 Å². The van der Waals surface area contributed by atoms with E-state index in [2.05, 4.69) is 15.7 Å². The van der Waals surface area contributed by atoms with Crippen molar-refractivity contribution in [2.24, 2.45) is 0 Å². The fourth-order valence-corrected chi connectivity index (χ4v) is 2.07. The second kappa shape index (κ2) is 5.26. The summed E-state index contributed by atoms with van der Waals surface area (Å²) in [6.45, 7) is 0. The Labute approximate surface area is 120 Å². The molecule has 2 N–H and O–H groups in total. The molecule has 0 bridgehead atoms. The SMILES string of the molecule is Fc1ccc(NC(=S)Nn2cnc3ccccc32)cc1. The maximum Gasteiger partial charge on any atom is 0.190 e. The third-order valence-electron chi connectivity index (χ3n) is 2.78. The van der Waals surface area contributed by atoms with Crippen molar-refractivity contribution in [3.63, 3.8) is 0 Å². The van der Waals surface area contributed by atoms with Crippen LogP contribution < -0.4 is 10.7 Å². The zero-order valence-electron chi connectivity index (χ0n) is 10.4. The number of nitrogens with one attached hydrogen (secondary N) is 2. The van der Waals surface area contributed by atoms with Crippen molar-refractivity contribution in [3.05, 3.63) is 60.7 Å². The highest BCUT2D eigenvalue weighted by Gasteiger charge is 2.03. The number of para-hydroxylation sites is 2. The number of rotatable bonds is 2. The molecule has 3 rings (SSSR count). The monoisotopic (exact) mass is 286 g/mol. The number of aromatic nitrogens is 2. The van der Waals surface area contributed by atoms with Crippen LogP contribution in [0.2, 0.25) is 0 Å². The first kappa shape index (κ1) is 12.6. The normalized spacial score (nSPS) is 10.4. The summed E-state index contributed by atoms with van der Waals surface area (Å²) in [5, 5.41) is 3.38. The van der Waals surface area contributed by atoms with Gasteiger partial charge in [0.2, 0.25) is 0 Å².